The zero-order valence-electron chi connectivity index (χ0n) is 28.5. The molecule has 0 atom stereocenters. The third-order valence-electron chi connectivity index (χ3n) is 9.07. The van der Waals surface area contributed by atoms with Gasteiger partial charge in [-0.15, -0.1) is 0 Å². The van der Waals surface area contributed by atoms with Gasteiger partial charge in [-0.1, -0.05) is 63.3 Å². The third-order valence-corrected chi connectivity index (χ3v) is 10.8. The van der Waals surface area contributed by atoms with Gasteiger partial charge in [0.15, 0.2) is 0 Å². The van der Waals surface area contributed by atoms with Crippen LogP contribution >= 0.6 is 0 Å². The summed E-state index contributed by atoms with van der Waals surface area (Å²) < 4.78 is 17.4. The van der Waals surface area contributed by atoms with E-state index in [0.717, 1.165) is 27.2 Å². The van der Waals surface area contributed by atoms with Gasteiger partial charge < -0.3 is 20.3 Å². The van der Waals surface area contributed by atoms with Crippen LogP contribution in [0.4, 0.5) is 0 Å². The van der Waals surface area contributed by atoms with Gasteiger partial charge in [-0.3, -0.25) is 23.9 Å². The molecule has 2 heterocycles. The van der Waals surface area contributed by atoms with Gasteiger partial charge in [-0.2, -0.15) is 9.78 Å². The second kappa shape index (κ2) is 15.4. The summed E-state index contributed by atoms with van der Waals surface area (Å²) in [6, 6.07) is 10.4. The molecule has 2 aromatic heterocycles. The number of aryl methyl sites for hydroxylation is 1. The molecule has 1 aromatic carbocycles. The van der Waals surface area contributed by atoms with E-state index in [9.17, 15) is 19.5 Å². The number of hydrogen-bond donors (Lipinski definition) is 3. The van der Waals surface area contributed by atoms with Crippen LogP contribution in [-0.4, -0.2) is 55.7 Å². The zero-order valence-corrected chi connectivity index (χ0v) is 29.5. The van der Waals surface area contributed by atoms with Crippen molar-refractivity contribution in [3.05, 3.63) is 78.6 Å². The lowest BCUT2D eigenvalue weighted by molar-refractivity contribution is -0.00876. The van der Waals surface area contributed by atoms with Crippen LogP contribution in [0.25, 0.3) is 0 Å². The number of nitrogens with two attached hydrogens (primary N) is 1. The first-order valence-corrected chi connectivity index (χ1v) is 20.2. The highest BCUT2D eigenvalue weighted by molar-refractivity contribution is 6.76. The molecule has 1 aliphatic carbocycles. The van der Waals surface area contributed by atoms with Gasteiger partial charge in [-0.25, -0.2) is 9.59 Å². The number of amidine groups is 1. The molecule has 0 unspecified atom stereocenters. The number of ether oxygens (including phenoxy) is 2. The van der Waals surface area contributed by atoms with Gasteiger partial charge in [0, 0.05) is 39.2 Å². The Bertz CT molecular complexity index is 1700. The molecule has 1 aliphatic rings. The van der Waals surface area contributed by atoms with Gasteiger partial charge in [-0.05, 0) is 50.6 Å². The predicted octanol–water partition coefficient (Wildman–Crippen LogP) is 3.80. The largest absolute Gasteiger partial charge is 0.494 e. The number of unbranched alkanes of at least 4 members (excludes halogenated alkanes) is 1. The van der Waals surface area contributed by atoms with Crippen LogP contribution in [0.2, 0.25) is 25.7 Å². The van der Waals surface area contributed by atoms with Crippen LogP contribution in [0.3, 0.4) is 0 Å². The van der Waals surface area contributed by atoms with Crippen molar-refractivity contribution in [2.24, 2.45) is 11.1 Å². The molecule has 0 radical (unpaired) electrons. The lowest BCUT2D eigenvalue weighted by Gasteiger charge is -2.40. The fourth-order valence-electron chi connectivity index (χ4n) is 6.19. The SMILES string of the molecule is CCCCn1c(O)c(C(=N)N)c(=O)n(C2CCC(COCc3ccccc3)(Cn3c(C)nn(COCC[Si](C)(C)C)c3=O)CC2)c1=O. The van der Waals surface area contributed by atoms with Crippen molar-refractivity contribution in [3.8, 4) is 5.88 Å². The Kier molecular flexibility index (Phi) is 11.8. The summed E-state index contributed by atoms with van der Waals surface area (Å²) in [5.41, 5.74) is 4.30. The van der Waals surface area contributed by atoms with Crippen molar-refractivity contribution < 1.29 is 14.6 Å². The Balaban J connectivity index is 1.60. The van der Waals surface area contributed by atoms with E-state index in [4.69, 9.17) is 20.6 Å². The minimum absolute atomic E-state index is 0.0866. The number of rotatable bonds is 16. The number of hydrogen-bond acceptors (Lipinski definition) is 8. The van der Waals surface area contributed by atoms with E-state index in [1.54, 1.807) is 4.57 Å². The Morgan fingerprint density at radius 1 is 1.09 bits per heavy atom. The Hall–Kier alpha value is -3.75. The fraction of sp³-hybridized carbons (Fsp3) is 0.606. The molecule has 0 spiro atoms. The quantitative estimate of drug-likeness (QED) is 0.0894. The first-order chi connectivity index (χ1) is 22.3. The van der Waals surface area contributed by atoms with E-state index in [-0.39, 0.29) is 24.5 Å². The molecule has 1 saturated carbocycles. The first-order valence-electron chi connectivity index (χ1n) is 16.5. The molecule has 4 rings (SSSR count). The molecule has 1 fully saturated rings. The molecular formula is C33H51N7O6Si. The van der Waals surface area contributed by atoms with Gasteiger partial charge in [0.25, 0.3) is 5.56 Å². The number of nitrogens with one attached hydrogen (secondary N) is 1. The Labute approximate surface area is 276 Å². The molecule has 14 heteroatoms. The highest BCUT2D eigenvalue weighted by Gasteiger charge is 2.39. The summed E-state index contributed by atoms with van der Waals surface area (Å²) in [5.74, 6) is -0.566. The second-order valence-corrected chi connectivity index (χ2v) is 19.7. The minimum atomic E-state index is -1.27. The smallest absolute Gasteiger partial charge is 0.348 e. The highest BCUT2D eigenvalue weighted by Crippen LogP contribution is 2.42. The van der Waals surface area contributed by atoms with Crippen molar-refractivity contribution in [1.82, 2.24) is 23.5 Å². The van der Waals surface area contributed by atoms with Crippen molar-refractivity contribution >= 4 is 13.9 Å². The summed E-state index contributed by atoms with van der Waals surface area (Å²) in [6.07, 6.45) is 3.43. The van der Waals surface area contributed by atoms with Crippen LogP contribution in [0.15, 0.2) is 44.7 Å². The van der Waals surface area contributed by atoms with E-state index < -0.39 is 42.5 Å². The van der Waals surface area contributed by atoms with Crippen molar-refractivity contribution in [2.75, 3.05) is 13.2 Å². The minimum Gasteiger partial charge on any atom is -0.494 e. The topological polar surface area (TPSA) is 172 Å². The highest BCUT2D eigenvalue weighted by atomic mass is 28.3. The van der Waals surface area contributed by atoms with Crippen molar-refractivity contribution in [1.29, 1.82) is 5.41 Å². The maximum absolute atomic E-state index is 13.6. The standard InChI is InChI=1S/C33H51N7O6Si/c1-6-7-17-37-29(41)27(28(34)35)30(42)40(32(37)44)26-13-15-33(16-14-26,22-46-20-25-11-9-8-10-12-25)21-38-24(2)36-39(31(38)43)23-45-18-19-47(3,4)5/h8-12,26,41H,6-7,13-23H2,1-5H3,(H3,34,35). The summed E-state index contributed by atoms with van der Waals surface area (Å²) in [4.78, 5) is 40.6. The number of nitrogen functional groups attached to an aromatic ring is 1. The molecule has 0 saturated heterocycles. The molecule has 258 valence electrons. The number of nitrogens with zero attached hydrogens (tertiary/aromatic N) is 5. The van der Waals surface area contributed by atoms with Crippen LogP contribution in [0.1, 0.15) is 68.4 Å². The van der Waals surface area contributed by atoms with Gasteiger partial charge in [0.05, 0.1) is 13.2 Å². The number of aromatic hydroxyl groups is 1. The molecular weight excluding hydrogens is 618 g/mol. The summed E-state index contributed by atoms with van der Waals surface area (Å²) >= 11 is 0. The predicted molar refractivity (Wildman–Crippen MR) is 184 cm³/mol. The van der Waals surface area contributed by atoms with Crippen molar-refractivity contribution in [2.45, 2.75) is 111 Å². The van der Waals surface area contributed by atoms with E-state index in [1.807, 2.05) is 44.2 Å². The van der Waals surface area contributed by atoms with Crippen LogP contribution in [0.5, 0.6) is 5.88 Å². The summed E-state index contributed by atoms with van der Waals surface area (Å²) in [5, 5.41) is 23.2. The molecule has 3 aromatic rings. The van der Waals surface area contributed by atoms with E-state index in [0.29, 0.717) is 64.3 Å². The van der Waals surface area contributed by atoms with Gasteiger partial charge in [0.1, 0.15) is 24.0 Å². The monoisotopic (exact) mass is 669 g/mol. The summed E-state index contributed by atoms with van der Waals surface area (Å²) in [6.45, 7) is 12.6. The molecule has 4 N–H and O–H groups in total. The van der Waals surface area contributed by atoms with Crippen LogP contribution < -0.4 is 22.7 Å². The second-order valence-electron chi connectivity index (χ2n) is 14.0. The summed E-state index contributed by atoms with van der Waals surface area (Å²) in [7, 11) is -1.27. The van der Waals surface area contributed by atoms with E-state index in [1.165, 1.54) is 4.68 Å². The Morgan fingerprint density at radius 3 is 2.38 bits per heavy atom. The van der Waals surface area contributed by atoms with Crippen LogP contribution in [-0.2, 0) is 35.9 Å². The van der Waals surface area contributed by atoms with E-state index >= 15 is 0 Å². The average molecular weight is 670 g/mol. The third kappa shape index (κ3) is 8.79. The van der Waals surface area contributed by atoms with Gasteiger partial charge in [0.2, 0.25) is 5.88 Å². The van der Waals surface area contributed by atoms with E-state index in [2.05, 4.69) is 24.7 Å². The molecule has 0 amide bonds. The normalized spacial score (nSPS) is 18.4. The fourth-order valence-corrected chi connectivity index (χ4v) is 6.95. The Morgan fingerprint density at radius 2 is 1.77 bits per heavy atom. The number of benzene rings is 1. The maximum Gasteiger partial charge on any atom is 0.348 e. The lowest BCUT2D eigenvalue weighted by Crippen LogP contribution is -2.48. The first kappa shape index (κ1) is 36.1. The molecule has 13 nitrogen and oxygen atoms in total. The molecule has 47 heavy (non-hydrogen) atoms. The maximum atomic E-state index is 13.6. The lowest BCUT2D eigenvalue weighted by atomic mass is 9.72. The molecule has 0 bridgehead atoms. The molecule has 0 aliphatic heterocycles. The zero-order chi connectivity index (χ0) is 34.4. The van der Waals surface area contributed by atoms with Crippen LogP contribution in [0, 0.1) is 17.7 Å². The number of aromatic nitrogens is 5. The van der Waals surface area contributed by atoms with Gasteiger partial charge >= 0.3 is 11.4 Å². The average Bonchev–Trinajstić information content (AvgIpc) is 3.27. The van der Waals surface area contributed by atoms with Crippen molar-refractivity contribution in [3.63, 3.8) is 0 Å².